The normalized spacial score (nSPS) is 12.0. The maximum absolute atomic E-state index is 12.9. The third kappa shape index (κ3) is 6.77. The van der Waals surface area contributed by atoms with Crippen LogP contribution in [0, 0.1) is 6.92 Å². The Hall–Kier alpha value is -3.97. The molecular formula is C28H32N4O3. The summed E-state index contributed by atoms with van der Waals surface area (Å²) in [4.78, 5) is 25.3. The number of aromatic nitrogens is 2. The summed E-state index contributed by atoms with van der Waals surface area (Å²) in [5.74, 6) is -0.450. The SMILES string of the molecule is C=CCC(O)(CC=C)[C@H](C)NC(=O)c1cccc(-n2cc(NC(=O)Cc3cccc(C)c3)cn2)c1. The van der Waals surface area contributed by atoms with Crippen molar-refractivity contribution in [3.05, 3.63) is 103 Å². The molecular weight excluding hydrogens is 440 g/mol. The molecule has 2 amide bonds. The van der Waals surface area contributed by atoms with Crippen LogP contribution < -0.4 is 10.6 Å². The van der Waals surface area contributed by atoms with Crippen LogP contribution in [0.5, 0.6) is 0 Å². The van der Waals surface area contributed by atoms with E-state index in [0.717, 1.165) is 11.1 Å². The van der Waals surface area contributed by atoms with Crippen LogP contribution in [-0.4, -0.2) is 38.3 Å². The van der Waals surface area contributed by atoms with E-state index in [1.54, 1.807) is 54.4 Å². The lowest BCUT2D eigenvalue weighted by Crippen LogP contribution is -2.50. The number of aryl methyl sites for hydroxylation is 1. The number of rotatable bonds is 11. The van der Waals surface area contributed by atoms with Gasteiger partial charge < -0.3 is 15.7 Å². The maximum atomic E-state index is 12.9. The summed E-state index contributed by atoms with van der Waals surface area (Å²) in [6.07, 6.45) is 7.43. The van der Waals surface area contributed by atoms with E-state index in [1.807, 2.05) is 37.3 Å². The van der Waals surface area contributed by atoms with Crippen molar-refractivity contribution in [1.82, 2.24) is 15.1 Å². The summed E-state index contributed by atoms with van der Waals surface area (Å²) in [6.45, 7) is 11.1. The molecule has 0 bridgehead atoms. The van der Waals surface area contributed by atoms with Crippen molar-refractivity contribution in [2.75, 3.05) is 5.32 Å². The number of nitrogens with zero attached hydrogens (tertiary/aromatic N) is 2. The molecule has 182 valence electrons. The molecule has 0 unspecified atom stereocenters. The van der Waals surface area contributed by atoms with Gasteiger partial charge in [0.1, 0.15) is 0 Å². The first-order valence-corrected chi connectivity index (χ1v) is 11.5. The first kappa shape index (κ1) is 25.6. The van der Waals surface area contributed by atoms with E-state index >= 15 is 0 Å². The molecule has 0 aliphatic carbocycles. The van der Waals surface area contributed by atoms with Crippen molar-refractivity contribution in [2.24, 2.45) is 0 Å². The molecule has 0 saturated carbocycles. The van der Waals surface area contributed by atoms with E-state index in [-0.39, 0.29) is 18.2 Å². The summed E-state index contributed by atoms with van der Waals surface area (Å²) in [7, 11) is 0. The van der Waals surface area contributed by atoms with E-state index in [2.05, 4.69) is 28.9 Å². The van der Waals surface area contributed by atoms with Crippen LogP contribution >= 0.6 is 0 Å². The Kier molecular flexibility index (Phi) is 8.39. The quantitative estimate of drug-likeness (QED) is 0.361. The van der Waals surface area contributed by atoms with E-state index in [1.165, 1.54) is 0 Å². The Balaban J connectivity index is 1.67. The first-order chi connectivity index (χ1) is 16.7. The standard InChI is InChI=1S/C28H32N4O3/c1-5-13-28(35,14-6-2)21(4)30-27(34)23-11-8-12-25(17-23)32-19-24(18-29-32)31-26(33)16-22-10-7-9-20(3)15-22/h5-12,15,17-19,21,35H,1-2,13-14,16H2,3-4H3,(H,30,34)(H,31,33)/t21-/m0/s1. The minimum Gasteiger partial charge on any atom is -0.387 e. The van der Waals surface area contributed by atoms with Crippen LogP contribution in [0.1, 0.15) is 41.3 Å². The fourth-order valence-electron chi connectivity index (χ4n) is 3.88. The number of carbonyl (C=O) groups excluding carboxylic acids is 2. The van der Waals surface area contributed by atoms with E-state index in [9.17, 15) is 14.7 Å². The number of benzene rings is 2. The largest absolute Gasteiger partial charge is 0.387 e. The maximum Gasteiger partial charge on any atom is 0.251 e. The Bertz CT molecular complexity index is 1200. The fraction of sp³-hybridized carbons (Fsp3) is 0.250. The average molecular weight is 473 g/mol. The van der Waals surface area contributed by atoms with E-state index in [0.29, 0.717) is 29.8 Å². The summed E-state index contributed by atoms with van der Waals surface area (Å²) in [5, 5.41) is 20.9. The van der Waals surface area contributed by atoms with Crippen molar-refractivity contribution in [3.8, 4) is 5.69 Å². The molecule has 3 N–H and O–H groups in total. The Labute approximate surface area is 206 Å². The zero-order valence-electron chi connectivity index (χ0n) is 20.2. The molecule has 3 rings (SSSR count). The topological polar surface area (TPSA) is 96.2 Å². The van der Waals surface area contributed by atoms with Gasteiger partial charge in [0.15, 0.2) is 0 Å². The Morgan fingerprint density at radius 1 is 1.14 bits per heavy atom. The lowest BCUT2D eigenvalue weighted by molar-refractivity contribution is -0.115. The third-order valence-corrected chi connectivity index (χ3v) is 5.84. The fourth-order valence-corrected chi connectivity index (χ4v) is 3.88. The Morgan fingerprint density at radius 2 is 1.86 bits per heavy atom. The molecule has 0 fully saturated rings. The minimum absolute atomic E-state index is 0.135. The number of hydrogen-bond donors (Lipinski definition) is 3. The third-order valence-electron chi connectivity index (χ3n) is 5.84. The van der Waals surface area contributed by atoms with Crippen molar-refractivity contribution >= 4 is 17.5 Å². The second-order valence-corrected chi connectivity index (χ2v) is 8.72. The van der Waals surface area contributed by atoms with Gasteiger partial charge in [0.05, 0.1) is 41.8 Å². The zero-order valence-corrected chi connectivity index (χ0v) is 20.2. The first-order valence-electron chi connectivity index (χ1n) is 11.5. The molecule has 7 heteroatoms. The predicted octanol–water partition coefficient (Wildman–Crippen LogP) is 4.36. The van der Waals surface area contributed by atoms with Gasteiger partial charge >= 0.3 is 0 Å². The highest BCUT2D eigenvalue weighted by Crippen LogP contribution is 2.22. The molecule has 1 heterocycles. The van der Waals surface area contributed by atoms with Crippen LogP contribution in [0.3, 0.4) is 0 Å². The molecule has 0 aliphatic heterocycles. The van der Waals surface area contributed by atoms with E-state index < -0.39 is 11.6 Å². The number of carbonyl (C=O) groups is 2. The minimum atomic E-state index is -1.16. The molecule has 1 atom stereocenters. The second kappa shape index (κ2) is 11.4. The number of amides is 2. The van der Waals surface area contributed by atoms with Crippen molar-refractivity contribution in [3.63, 3.8) is 0 Å². The molecule has 3 aromatic rings. The van der Waals surface area contributed by atoms with Crippen LogP contribution in [0.25, 0.3) is 5.69 Å². The molecule has 35 heavy (non-hydrogen) atoms. The Morgan fingerprint density at radius 3 is 2.54 bits per heavy atom. The van der Waals surface area contributed by atoms with Gasteiger partial charge in [-0.25, -0.2) is 4.68 Å². The average Bonchev–Trinajstić information content (AvgIpc) is 3.27. The van der Waals surface area contributed by atoms with Crippen molar-refractivity contribution < 1.29 is 14.7 Å². The van der Waals surface area contributed by atoms with Gasteiger partial charge in [-0.2, -0.15) is 5.10 Å². The number of anilines is 1. The molecule has 2 aromatic carbocycles. The van der Waals surface area contributed by atoms with Crippen molar-refractivity contribution in [2.45, 2.75) is 44.8 Å². The number of nitrogens with one attached hydrogen (secondary N) is 2. The van der Waals surface area contributed by atoms with Crippen LogP contribution in [0.15, 0.2) is 86.2 Å². The van der Waals surface area contributed by atoms with Gasteiger partial charge in [-0.05, 0) is 50.5 Å². The summed E-state index contributed by atoms with van der Waals surface area (Å²) in [5.41, 5.74) is 2.53. The lowest BCUT2D eigenvalue weighted by atomic mass is 9.88. The lowest BCUT2D eigenvalue weighted by Gasteiger charge is -2.33. The van der Waals surface area contributed by atoms with Crippen LogP contribution in [0.4, 0.5) is 5.69 Å². The molecule has 0 radical (unpaired) electrons. The van der Waals surface area contributed by atoms with Gasteiger partial charge in [0, 0.05) is 5.56 Å². The van der Waals surface area contributed by atoms with E-state index in [4.69, 9.17) is 0 Å². The second-order valence-electron chi connectivity index (χ2n) is 8.72. The molecule has 0 aliphatic rings. The monoisotopic (exact) mass is 472 g/mol. The van der Waals surface area contributed by atoms with Gasteiger partial charge in [-0.15, -0.1) is 13.2 Å². The molecule has 7 nitrogen and oxygen atoms in total. The molecule has 0 saturated heterocycles. The zero-order chi connectivity index (χ0) is 25.4. The summed E-state index contributed by atoms with van der Waals surface area (Å²) >= 11 is 0. The predicted molar refractivity (Wildman–Crippen MR) is 139 cm³/mol. The number of hydrogen-bond acceptors (Lipinski definition) is 4. The highest BCUT2D eigenvalue weighted by Gasteiger charge is 2.32. The van der Waals surface area contributed by atoms with Crippen LogP contribution in [-0.2, 0) is 11.2 Å². The summed E-state index contributed by atoms with van der Waals surface area (Å²) in [6, 6.07) is 14.3. The van der Waals surface area contributed by atoms with Gasteiger partial charge in [0.2, 0.25) is 5.91 Å². The smallest absolute Gasteiger partial charge is 0.251 e. The molecule has 0 spiro atoms. The number of aliphatic hydroxyl groups is 1. The van der Waals surface area contributed by atoms with Gasteiger partial charge in [0.25, 0.3) is 5.91 Å². The van der Waals surface area contributed by atoms with Gasteiger partial charge in [-0.1, -0.05) is 48.0 Å². The summed E-state index contributed by atoms with van der Waals surface area (Å²) < 4.78 is 1.59. The highest BCUT2D eigenvalue weighted by molar-refractivity contribution is 5.95. The van der Waals surface area contributed by atoms with Crippen LogP contribution in [0.2, 0.25) is 0 Å². The molecule has 1 aromatic heterocycles. The van der Waals surface area contributed by atoms with Gasteiger partial charge in [-0.3, -0.25) is 9.59 Å². The van der Waals surface area contributed by atoms with Crippen molar-refractivity contribution in [1.29, 1.82) is 0 Å². The highest BCUT2D eigenvalue weighted by atomic mass is 16.3.